The molecule has 1 heterocycles. The fraction of sp³-hybridized carbons (Fsp3) is 0.579. The van der Waals surface area contributed by atoms with E-state index in [9.17, 15) is 0 Å². The highest BCUT2D eigenvalue weighted by Crippen LogP contribution is 2.13. The van der Waals surface area contributed by atoms with Crippen LogP contribution in [-0.4, -0.2) is 9.97 Å². The van der Waals surface area contributed by atoms with Crippen LogP contribution in [0.5, 0.6) is 0 Å². The maximum atomic E-state index is 4.21. The van der Waals surface area contributed by atoms with Crippen LogP contribution in [0.4, 0.5) is 0 Å². The molecule has 0 unspecified atom stereocenters. The lowest BCUT2D eigenvalue weighted by molar-refractivity contribution is 0.886. The number of unbranched alkanes of at least 4 members (excludes halogenated alkanes) is 1. The zero-order valence-electron chi connectivity index (χ0n) is 14.4. The van der Waals surface area contributed by atoms with Crippen molar-refractivity contribution in [3.8, 4) is 0 Å². The molecule has 122 valence electrons. The van der Waals surface area contributed by atoms with Crippen LogP contribution in [0.25, 0.3) is 10.9 Å². The van der Waals surface area contributed by atoms with Gasteiger partial charge >= 0.3 is 0 Å². The summed E-state index contributed by atoms with van der Waals surface area (Å²) >= 11 is 0. The first-order chi connectivity index (χ1) is 9.83. The van der Waals surface area contributed by atoms with Gasteiger partial charge in [0.05, 0.1) is 11.2 Å². The predicted molar refractivity (Wildman–Crippen MR) is 98.9 cm³/mol. The Kier molecular flexibility index (Phi) is 21.7. The second-order valence-electron chi connectivity index (χ2n) is 3.69. The normalized spacial score (nSPS) is 7.95. The molecule has 0 atom stereocenters. The van der Waals surface area contributed by atoms with E-state index in [-0.39, 0.29) is 7.43 Å². The zero-order chi connectivity index (χ0) is 15.8. The highest BCUT2D eigenvalue weighted by Gasteiger charge is 1.98. The van der Waals surface area contributed by atoms with E-state index in [2.05, 4.69) is 36.8 Å². The second kappa shape index (κ2) is 18.6. The molecule has 2 heteroatoms. The Morgan fingerprint density at radius 3 is 1.81 bits per heavy atom. The van der Waals surface area contributed by atoms with E-state index < -0.39 is 0 Å². The van der Waals surface area contributed by atoms with Crippen LogP contribution in [0.3, 0.4) is 0 Å². The van der Waals surface area contributed by atoms with E-state index in [4.69, 9.17) is 0 Å². The largest absolute Gasteiger partial charge is 0.241 e. The van der Waals surface area contributed by atoms with E-state index in [0.717, 1.165) is 17.6 Å². The minimum absolute atomic E-state index is 0. The fourth-order valence-corrected chi connectivity index (χ4v) is 1.34. The summed E-state index contributed by atoms with van der Waals surface area (Å²) in [5.41, 5.74) is 2.16. The van der Waals surface area contributed by atoms with Gasteiger partial charge in [0.2, 0.25) is 0 Å². The molecule has 0 spiro atoms. The van der Waals surface area contributed by atoms with Crippen LogP contribution in [0.15, 0.2) is 30.6 Å². The molecule has 0 amide bonds. The van der Waals surface area contributed by atoms with Crippen molar-refractivity contribution in [2.24, 2.45) is 0 Å². The molecule has 21 heavy (non-hydrogen) atoms. The Morgan fingerprint density at radius 2 is 1.33 bits per heavy atom. The summed E-state index contributed by atoms with van der Waals surface area (Å²) in [6.07, 6.45) is 5.23. The predicted octanol–water partition coefficient (Wildman–Crippen LogP) is 6.69. The molecular formula is C19H36N2. The van der Waals surface area contributed by atoms with E-state index in [1.165, 1.54) is 18.2 Å². The highest BCUT2D eigenvalue weighted by molar-refractivity contribution is 5.80. The summed E-state index contributed by atoms with van der Waals surface area (Å²) in [5, 5.41) is 1.17. The SMILES string of the molecule is C.CC.CC.CCCC.CCc1ncnc2ccccc12. The minimum atomic E-state index is 0. The summed E-state index contributed by atoms with van der Waals surface area (Å²) in [5.74, 6) is 0. The molecule has 0 saturated carbocycles. The summed E-state index contributed by atoms with van der Waals surface area (Å²) in [6, 6.07) is 8.09. The molecule has 2 aromatic rings. The van der Waals surface area contributed by atoms with E-state index in [1.807, 2.05) is 45.9 Å². The van der Waals surface area contributed by atoms with Crippen molar-refractivity contribution in [1.29, 1.82) is 0 Å². The lowest BCUT2D eigenvalue weighted by Gasteiger charge is -2.00. The van der Waals surface area contributed by atoms with Gasteiger partial charge in [0.1, 0.15) is 6.33 Å². The molecule has 0 aliphatic carbocycles. The van der Waals surface area contributed by atoms with Crippen LogP contribution in [0, 0.1) is 0 Å². The zero-order valence-corrected chi connectivity index (χ0v) is 14.4. The number of para-hydroxylation sites is 1. The van der Waals surface area contributed by atoms with Gasteiger partial charge in [-0.05, 0) is 12.5 Å². The topological polar surface area (TPSA) is 25.8 Å². The van der Waals surface area contributed by atoms with Gasteiger partial charge in [-0.3, -0.25) is 0 Å². The van der Waals surface area contributed by atoms with E-state index in [0.29, 0.717) is 0 Å². The molecular weight excluding hydrogens is 256 g/mol. The first-order valence-corrected chi connectivity index (χ1v) is 8.02. The number of hydrogen-bond donors (Lipinski definition) is 0. The number of rotatable bonds is 2. The Morgan fingerprint density at radius 1 is 0.810 bits per heavy atom. The summed E-state index contributed by atoms with van der Waals surface area (Å²) in [7, 11) is 0. The lowest BCUT2D eigenvalue weighted by atomic mass is 10.1. The average molecular weight is 293 g/mol. The monoisotopic (exact) mass is 292 g/mol. The van der Waals surface area contributed by atoms with Crippen molar-refractivity contribution in [3.05, 3.63) is 36.3 Å². The molecule has 0 aliphatic rings. The first-order valence-electron chi connectivity index (χ1n) is 8.02. The van der Waals surface area contributed by atoms with E-state index in [1.54, 1.807) is 6.33 Å². The van der Waals surface area contributed by atoms with Gasteiger partial charge in [-0.2, -0.15) is 0 Å². The molecule has 2 rings (SSSR count). The number of hydrogen-bond acceptors (Lipinski definition) is 2. The van der Waals surface area contributed by atoms with Crippen LogP contribution in [0.2, 0.25) is 0 Å². The minimum Gasteiger partial charge on any atom is -0.241 e. The Bertz CT molecular complexity index is 417. The molecule has 0 bridgehead atoms. The van der Waals surface area contributed by atoms with Gasteiger partial charge in [-0.1, -0.05) is 86.9 Å². The average Bonchev–Trinajstić information content (AvgIpc) is 2.58. The third-order valence-electron chi connectivity index (χ3n) is 2.46. The third kappa shape index (κ3) is 10.0. The van der Waals surface area contributed by atoms with Crippen LogP contribution >= 0.6 is 0 Å². The summed E-state index contributed by atoms with van der Waals surface area (Å²) < 4.78 is 0. The fourth-order valence-electron chi connectivity index (χ4n) is 1.34. The smallest absolute Gasteiger partial charge is 0.116 e. The van der Waals surface area contributed by atoms with Crippen LogP contribution in [-0.2, 0) is 6.42 Å². The lowest BCUT2D eigenvalue weighted by Crippen LogP contribution is -1.90. The molecule has 1 aromatic heterocycles. The number of aromatic nitrogens is 2. The number of fused-ring (bicyclic) bond motifs is 1. The van der Waals surface area contributed by atoms with Crippen molar-refractivity contribution < 1.29 is 0 Å². The molecule has 0 N–H and O–H groups in total. The highest BCUT2D eigenvalue weighted by atomic mass is 14.8. The van der Waals surface area contributed by atoms with Crippen molar-refractivity contribution in [3.63, 3.8) is 0 Å². The molecule has 0 saturated heterocycles. The van der Waals surface area contributed by atoms with E-state index >= 15 is 0 Å². The van der Waals surface area contributed by atoms with Gasteiger partial charge in [-0.15, -0.1) is 0 Å². The third-order valence-corrected chi connectivity index (χ3v) is 2.46. The Labute approximate surface area is 133 Å². The van der Waals surface area contributed by atoms with Crippen molar-refractivity contribution in [2.45, 2.75) is 75.2 Å². The molecule has 2 nitrogen and oxygen atoms in total. The van der Waals surface area contributed by atoms with Gasteiger partial charge in [0.15, 0.2) is 0 Å². The van der Waals surface area contributed by atoms with Gasteiger partial charge in [0.25, 0.3) is 0 Å². The maximum absolute atomic E-state index is 4.21. The van der Waals surface area contributed by atoms with Crippen molar-refractivity contribution in [2.75, 3.05) is 0 Å². The standard InChI is InChI=1S/C10H10N2.C4H10.2C2H6.CH4/c1-2-9-8-5-3-4-6-10(8)12-7-11-9;1-3-4-2;2*1-2;/h3-7H,2H2,1H3;3-4H2,1-2H3;2*1-2H3;1H4. The van der Waals surface area contributed by atoms with Crippen molar-refractivity contribution >= 4 is 10.9 Å². The first kappa shape index (κ1) is 24.6. The molecule has 0 radical (unpaired) electrons. The Balaban J connectivity index is -0.000000311. The number of nitrogens with zero attached hydrogens (tertiary/aromatic N) is 2. The molecule has 1 aromatic carbocycles. The van der Waals surface area contributed by atoms with Crippen molar-refractivity contribution in [1.82, 2.24) is 9.97 Å². The second-order valence-corrected chi connectivity index (χ2v) is 3.69. The van der Waals surface area contributed by atoms with Crippen LogP contribution in [0.1, 0.15) is 74.4 Å². The molecule has 0 fully saturated rings. The maximum Gasteiger partial charge on any atom is 0.116 e. The summed E-state index contributed by atoms with van der Waals surface area (Å²) in [4.78, 5) is 8.39. The number of benzene rings is 1. The van der Waals surface area contributed by atoms with Gasteiger partial charge in [0, 0.05) is 5.39 Å². The number of aryl methyl sites for hydroxylation is 1. The van der Waals surface area contributed by atoms with Crippen LogP contribution < -0.4 is 0 Å². The Hall–Kier alpha value is -1.44. The summed E-state index contributed by atoms with van der Waals surface area (Å²) in [6.45, 7) is 14.5. The van der Waals surface area contributed by atoms with Gasteiger partial charge < -0.3 is 0 Å². The molecule has 0 aliphatic heterocycles. The van der Waals surface area contributed by atoms with Gasteiger partial charge in [-0.25, -0.2) is 9.97 Å². The quantitative estimate of drug-likeness (QED) is 0.616.